The van der Waals surface area contributed by atoms with Crippen molar-refractivity contribution in [2.24, 2.45) is 11.3 Å². The molecule has 2 fully saturated rings. The molecule has 1 aromatic carbocycles. The van der Waals surface area contributed by atoms with E-state index in [9.17, 15) is 4.79 Å². The standard InChI is InChI=1S/C18H25ClN2O2/c1-12(16(23-2)13-3-5-14(19)6-4-13)21-17(22)15-11-18(15)7-9-20-10-8-18/h3-6,12,15-16,20H,7-11H2,1-2H3,(H,21,22). The van der Waals surface area contributed by atoms with E-state index in [0.29, 0.717) is 5.02 Å². The number of rotatable bonds is 5. The van der Waals surface area contributed by atoms with Gasteiger partial charge in [0.1, 0.15) is 6.10 Å². The molecule has 1 amide bonds. The van der Waals surface area contributed by atoms with Gasteiger partial charge in [-0.3, -0.25) is 4.79 Å². The highest BCUT2D eigenvalue weighted by Crippen LogP contribution is 2.58. The SMILES string of the molecule is COC(c1ccc(Cl)cc1)C(C)NC(=O)C1CC12CCNCC2. The highest BCUT2D eigenvalue weighted by Gasteiger charge is 2.57. The number of benzene rings is 1. The summed E-state index contributed by atoms with van der Waals surface area (Å²) in [6.45, 7) is 4.06. The Balaban J connectivity index is 1.60. The topological polar surface area (TPSA) is 50.4 Å². The zero-order valence-electron chi connectivity index (χ0n) is 13.8. The highest BCUT2D eigenvalue weighted by molar-refractivity contribution is 6.30. The molecule has 3 rings (SSSR count). The average molecular weight is 337 g/mol. The quantitative estimate of drug-likeness (QED) is 0.869. The van der Waals surface area contributed by atoms with Crippen LogP contribution in [0.15, 0.2) is 24.3 Å². The minimum atomic E-state index is -0.168. The summed E-state index contributed by atoms with van der Waals surface area (Å²) < 4.78 is 5.61. The van der Waals surface area contributed by atoms with Crippen LogP contribution in [0.4, 0.5) is 0 Å². The van der Waals surface area contributed by atoms with E-state index in [1.807, 2.05) is 31.2 Å². The monoisotopic (exact) mass is 336 g/mol. The zero-order valence-corrected chi connectivity index (χ0v) is 14.5. The summed E-state index contributed by atoms with van der Waals surface area (Å²) in [6.07, 6.45) is 3.10. The molecule has 1 saturated carbocycles. The van der Waals surface area contributed by atoms with Crippen molar-refractivity contribution in [3.8, 4) is 0 Å². The Labute approximate surface area is 142 Å². The van der Waals surface area contributed by atoms with Gasteiger partial charge in [-0.15, -0.1) is 0 Å². The first-order chi connectivity index (χ1) is 11.1. The molecule has 1 aliphatic heterocycles. The van der Waals surface area contributed by atoms with Gasteiger partial charge in [-0.1, -0.05) is 23.7 Å². The first-order valence-corrected chi connectivity index (χ1v) is 8.73. The molecule has 2 aliphatic rings. The molecule has 0 bridgehead atoms. The number of piperidine rings is 1. The summed E-state index contributed by atoms with van der Waals surface area (Å²) in [6, 6.07) is 7.52. The summed E-state index contributed by atoms with van der Waals surface area (Å²) in [5.41, 5.74) is 1.29. The number of hydrogen-bond acceptors (Lipinski definition) is 3. The molecule has 5 heteroatoms. The third kappa shape index (κ3) is 3.54. The number of amides is 1. The largest absolute Gasteiger partial charge is 0.375 e. The van der Waals surface area contributed by atoms with Gasteiger partial charge in [0.15, 0.2) is 0 Å². The van der Waals surface area contributed by atoms with Crippen LogP contribution in [-0.2, 0) is 9.53 Å². The van der Waals surface area contributed by atoms with Crippen LogP contribution >= 0.6 is 11.6 Å². The Morgan fingerprint density at radius 3 is 2.61 bits per heavy atom. The maximum Gasteiger partial charge on any atom is 0.224 e. The van der Waals surface area contributed by atoms with E-state index < -0.39 is 0 Å². The molecule has 126 valence electrons. The maximum atomic E-state index is 12.6. The molecule has 2 N–H and O–H groups in total. The number of hydrogen-bond donors (Lipinski definition) is 2. The van der Waals surface area contributed by atoms with Crippen LogP contribution in [0.2, 0.25) is 5.02 Å². The minimum absolute atomic E-state index is 0.0759. The van der Waals surface area contributed by atoms with Gasteiger partial charge in [0, 0.05) is 18.1 Å². The number of ether oxygens (including phenoxy) is 1. The van der Waals surface area contributed by atoms with Gasteiger partial charge in [-0.2, -0.15) is 0 Å². The van der Waals surface area contributed by atoms with Crippen molar-refractivity contribution in [2.45, 2.75) is 38.3 Å². The van der Waals surface area contributed by atoms with E-state index in [0.717, 1.165) is 37.9 Å². The van der Waals surface area contributed by atoms with Crippen molar-refractivity contribution < 1.29 is 9.53 Å². The number of methoxy groups -OCH3 is 1. The van der Waals surface area contributed by atoms with Crippen LogP contribution in [0.5, 0.6) is 0 Å². The fourth-order valence-electron chi connectivity index (χ4n) is 3.88. The van der Waals surface area contributed by atoms with Crippen LogP contribution in [0, 0.1) is 11.3 Å². The van der Waals surface area contributed by atoms with E-state index in [-0.39, 0.29) is 29.4 Å². The van der Waals surface area contributed by atoms with Crippen molar-refractivity contribution >= 4 is 17.5 Å². The van der Waals surface area contributed by atoms with E-state index >= 15 is 0 Å². The third-order valence-electron chi connectivity index (χ3n) is 5.38. The molecule has 4 nitrogen and oxygen atoms in total. The lowest BCUT2D eigenvalue weighted by Crippen LogP contribution is -2.40. The number of nitrogens with one attached hydrogen (secondary N) is 2. The van der Waals surface area contributed by atoms with Crippen molar-refractivity contribution in [3.05, 3.63) is 34.9 Å². The Bertz CT molecular complexity index is 555. The molecular formula is C18H25ClN2O2. The summed E-state index contributed by atoms with van der Waals surface area (Å²) >= 11 is 5.94. The molecule has 23 heavy (non-hydrogen) atoms. The summed E-state index contributed by atoms with van der Waals surface area (Å²) in [5, 5.41) is 7.23. The van der Waals surface area contributed by atoms with Crippen LogP contribution in [0.25, 0.3) is 0 Å². The Morgan fingerprint density at radius 2 is 2.00 bits per heavy atom. The second kappa shape index (κ2) is 6.80. The van der Waals surface area contributed by atoms with Crippen molar-refractivity contribution in [2.75, 3.05) is 20.2 Å². The van der Waals surface area contributed by atoms with Gasteiger partial charge >= 0.3 is 0 Å². The van der Waals surface area contributed by atoms with Crippen LogP contribution in [0.3, 0.4) is 0 Å². The van der Waals surface area contributed by atoms with Crippen molar-refractivity contribution in [1.29, 1.82) is 0 Å². The molecule has 1 aliphatic carbocycles. The van der Waals surface area contributed by atoms with Crippen LogP contribution in [-0.4, -0.2) is 32.1 Å². The lowest BCUT2D eigenvalue weighted by atomic mass is 9.91. The molecule has 1 saturated heterocycles. The van der Waals surface area contributed by atoms with Gasteiger partial charge in [0.25, 0.3) is 0 Å². The lowest BCUT2D eigenvalue weighted by molar-refractivity contribution is -0.124. The first kappa shape index (κ1) is 16.7. The average Bonchev–Trinajstić information content (AvgIpc) is 3.24. The molecule has 1 aromatic rings. The van der Waals surface area contributed by atoms with Gasteiger partial charge in [0.2, 0.25) is 5.91 Å². The predicted octanol–water partition coefficient (Wildman–Crippen LogP) is 2.92. The molecule has 3 unspecified atom stereocenters. The maximum absolute atomic E-state index is 12.6. The number of halogens is 1. The van der Waals surface area contributed by atoms with E-state index in [1.165, 1.54) is 0 Å². The third-order valence-corrected chi connectivity index (χ3v) is 5.63. The van der Waals surface area contributed by atoms with E-state index in [1.54, 1.807) is 7.11 Å². The zero-order chi connectivity index (χ0) is 16.4. The van der Waals surface area contributed by atoms with Gasteiger partial charge in [-0.25, -0.2) is 0 Å². The smallest absolute Gasteiger partial charge is 0.224 e. The Morgan fingerprint density at radius 1 is 1.35 bits per heavy atom. The van der Waals surface area contributed by atoms with E-state index in [2.05, 4.69) is 10.6 Å². The van der Waals surface area contributed by atoms with Gasteiger partial charge in [0.05, 0.1) is 6.04 Å². The molecular weight excluding hydrogens is 312 g/mol. The normalized spacial score (nSPS) is 24.9. The Kier molecular flexibility index (Phi) is 4.95. The fourth-order valence-corrected chi connectivity index (χ4v) is 4.00. The fraction of sp³-hybridized carbons (Fsp3) is 0.611. The van der Waals surface area contributed by atoms with Crippen LogP contribution in [0.1, 0.15) is 37.9 Å². The number of carbonyl (C=O) groups excluding carboxylic acids is 1. The molecule has 0 radical (unpaired) electrons. The van der Waals surface area contributed by atoms with Crippen LogP contribution < -0.4 is 10.6 Å². The Hall–Kier alpha value is -1.10. The molecule has 3 atom stereocenters. The number of carbonyl (C=O) groups is 1. The molecule has 1 spiro atoms. The molecule has 0 aromatic heterocycles. The summed E-state index contributed by atoms with van der Waals surface area (Å²) in [5.74, 6) is 0.352. The summed E-state index contributed by atoms with van der Waals surface area (Å²) in [4.78, 5) is 12.6. The summed E-state index contributed by atoms with van der Waals surface area (Å²) in [7, 11) is 1.67. The van der Waals surface area contributed by atoms with Crippen molar-refractivity contribution in [3.63, 3.8) is 0 Å². The van der Waals surface area contributed by atoms with Crippen molar-refractivity contribution in [1.82, 2.24) is 10.6 Å². The second-order valence-corrected chi connectivity index (χ2v) is 7.31. The second-order valence-electron chi connectivity index (χ2n) is 6.87. The highest BCUT2D eigenvalue weighted by atomic mass is 35.5. The van der Waals surface area contributed by atoms with Gasteiger partial charge in [-0.05, 0) is 62.4 Å². The van der Waals surface area contributed by atoms with E-state index in [4.69, 9.17) is 16.3 Å². The lowest BCUT2D eigenvalue weighted by Gasteiger charge is -2.26. The first-order valence-electron chi connectivity index (χ1n) is 8.35. The van der Waals surface area contributed by atoms with Gasteiger partial charge < -0.3 is 15.4 Å². The molecule has 1 heterocycles. The predicted molar refractivity (Wildman–Crippen MR) is 91.5 cm³/mol. The minimum Gasteiger partial charge on any atom is -0.375 e.